The number of rotatable bonds is 7. The van der Waals surface area contributed by atoms with Gasteiger partial charge in [-0.2, -0.15) is 0 Å². The van der Waals surface area contributed by atoms with Crippen molar-refractivity contribution >= 4 is 10.0 Å². The molecule has 0 aliphatic carbocycles. The van der Waals surface area contributed by atoms with Crippen LogP contribution in [0.4, 0.5) is 0 Å². The molecule has 0 amide bonds. The van der Waals surface area contributed by atoms with E-state index < -0.39 is 10.0 Å². The van der Waals surface area contributed by atoms with Gasteiger partial charge in [-0.1, -0.05) is 0 Å². The number of likely N-dealkylation sites (tertiary alicyclic amines) is 1. The van der Waals surface area contributed by atoms with Crippen LogP contribution in [0, 0.1) is 5.92 Å². The van der Waals surface area contributed by atoms with E-state index in [2.05, 4.69) is 28.8 Å². The predicted octanol–water partition coefficient (Wildman–Crippen LogP) is 1.01. The molecule has 0 bridgehead atoms. The van der Waals surface area contributed by atoms with E-state index in [1.165, 1.54) is 6.07 Å². The fraction of sp³-hybridized carbons (Fsp3) is 0.714. The summed E-state index contributed by atoms with van der Waals surface area (Å²) in [4.78, 5) is 2.37. The number of nitrogens with zero attached hydrogens (tertiary/aromatic N) is 1. The zero-order chi connectivity index (χ0) is 15.5. The van der Waals surface area contributed by atoms with Crippen molar-refractivity contribution in [3.63, 3.8) is 0 Å². The van der Waals surface area contributed by atoms with Crippen LogP contribution in [0.5, 0.6) is 0 Å². The molecular formula is C14H25N3O3S. The fourth-order valence-electron chi connectivity index (χ4n) is 2.57. The van der Waals surface area contributed by atoms with Crippen molar-refractivity contribution in [3.05, 3.63) is 17.9 Å². The van der Waals surface area contributed by atoms with Gasteiger partial charge in [-0.05, 0) is 51.9 Å². The van der Waals surface area contributed by atoms with E-state index in [-0.39, 0.29) is 5.09 Å². The number of hydrogen-bond acceptors (Lipinski definition) is 5. The molecule has 1 aromatic rings. The molecule has 1 atom stereocenters. The highest BCUT2D eigenvalue weighted by Crippen LogP contribution is 2.19. The van der Waals surface area contributed by atoms with Gasteiger partial charge >= 0.3 is 0 Å². The Bertz CT molecular complexity index is 554. The molecule has 1 aliphatic rings. The second kappa shape index (κ2) is 6.91. The lowest BCUT2D eigenvalue weighted by molar-refractivity contribution is 0.265. The quantitative estimate of drug-likeness (QED) is 0.785. The highest BCUT2D eigenvalue weighted by atomic mass is 32.2. The maximum Gasteiger partial charge on any atom is 0.273 e. The van der Waals surface area contributed by atoms with Gasteiger partial charge in [0.2, 0.25) is 5.09 Å². The zero-order valence-electron chi connectivity index (χ0n) is 12.9. The number of hydrogen-bond donors (Lipinski definition) is 2. The van der Waals surface area contributed by atoms with Gasteiger partial charge < -0.3 is 14.6 Å². The average Bonchev–Trinajstić information content (AvgIpc) is 3.06. The Morgan fingerprint density at radius 2 is 2.19 bits per heavy atom. The Balaban J connectivity index is 1.89. The van der Waals surface area contributed by atoms with E-state index in [0.717, 1.165) is 19.5 Å². The van der Waals surface area contributed by atoms with E-state index in [1.807, 2.05) is 0 Å². The second-order valence-electron chi connectivity index (χ2n) is 5.85. The molecule has 0 aromatic carbocycles. The lowest BCUT2D eigenvalue weighted by atomic mass is 10.1. The first kappa shape index (κ1) is 16.5. The van der Waals surface area contributed by atoms with Gasteiger partial charge in [-0.25, -0.2) is 13.1 Å². The summed E-state index contributed by atoms with van der Waals surface area (Å²) in [7, 11) is -1.76. The molecular weight excluding hydrogens is 290 g/mol. The summed E-state index contributed by atoms with van der Waals surface area (Å²) in [6.45, 7) is 7.30. The minimum atomic E-state index is -3.55. The summed E-state index contributed by atoms with van der Waals surface area (Å²) in [5, 5.41) is 2.92. The molecule has 2 N–H and O–H groups in total. The van der Waals surface area contributed by atoms with E-state index in [9.17, 15) is 8.42 Å². The maximum atomic E-state index is 12.2. The van der Waals surface area contributed by atoms with Crippen LogP contribution in [0.15, 0.2) is 21.6 Å². The summed E-state index contributed by atoms with van der Waals surface area (Å²) in [6.07, 6.45) is 1.03. The first-order valence-corrected chi connectivity index (χ1v) is 8.87. The van der Waals surface area contributed by atoms with Gasteiger partial charge in [0.15, 0.2) is 0 Å². The third kappa shape index (κ3) is 4.29. The molecule has 120 valence electrons. The maximum absolute atomic E-state index is 12.2. The Labute approximate surface area is 126 Å². The molecule has 2 heterocycles. The first-order chi connectivity index (χ1) is 9.92. The SMILES string of the molecule is CNCc1ccc(S(=O)(=O)NCC2CCN(C(C)C)C2)o1. The van der Waals surface area contributed by atoms with Crippen LogP contribution in [-0.4, -0.2) is 46.0 Å². The molecule has 1 aromatic heterocycles. The van der Waals surface area contributed by atoms with Crippen LogP contribution in [0.1, 0.15) is 26.0 Å². The molecule has 7 heteroatoms. The van der Waals surface area contributed by atoms with Crippen molar-refractivity contribution in [1.82, 2.24) is 14.9 Å². The van der Waals surface area contributed by atoms with Crippen LogP contribution >= 0.6 is 0 Å². The molecule has 2 rings (SSSR count). The van der Waals surface area contributed by atoms with Crippen molar-refractivity contribution in [1.29, 1.82) is 0 Å². The number of sulfonamides is 1. The van der Waals surface area contributed by atoms with Crippen LogP contribution < -0.4 is 10.0 Å². The molecule has 1 saturated heterocycles. The lowest BCUT2D eigenvalue weighted by Crippen LogP contribution is -2.32. The fourth-order valence-corrected chi connectivity index (χ4v) is 3.63. The Kier molecular flexibility index (Phi) is 5.43. The Morgan fingerprint density at radius 3 is 2.81 bits per heavy atom. The highest BCUT2D eigenvalue weighted by Gasteiger charge is 2.26. The van der Waals surface area contributed by atoms with Gasteiger partial charge in [-0.15, -0.1) is 0 Å². The standard InChI is InChI=1S/C14H25N3O3S/c1-11(2)17-7-6-12(10-17)8-16-21(18,19)14-5-4-13(20-14)9-15-3/h4-5,11-12,15-16H,6-10H2,1-3H3. The van der Waals surface area contributed by atoms with Gasteiger partial charge in [-0.3, -0.25) is 0 Å². The van der Waals surface area contributed by atoms with Crippen molar-refractivity contribution in [2.45, 2.75) is 37.9 Å². The van der Waals surface area contributed by atoms with Gasteiger partial charge in [0.05, 0.1) is 6.54 Å². The molecule has 6 nitrogen and oxygen atoms in total. The van der Waals surface area contributed by atoms with Gasteiger partial charge in [0.1, 0.15) is 5.76 Å². The number of nitrogens with one attached hydrogen (secondary N) is 2. The molecule has 0 saturated carbocycles. The van der Waals surface area contributed by atoms with E-state index in [4.69, 9.17) is 4.42 Å². The average molecular weight is 315 g/mol. The zero-order valence-corrected chi connectivity index (χ0v) is 13.7. The van der Waals surface area contributed by atoms with Crippen LogP contribution in [0.3, 0.4) is 0 Å². The van der Waals surface area contributed by atoms with Gasteiger partial charge in [0, 0.05) is 19.1 Å². The lowest BCUT2D eigenvalue weighted by Gasteiger charge is -2.20. The highest BCUT2D eigenvalue weighted by molar-refractivity contribution is 7.89. The van der Waals surface area contributed by atoms with Crippen molar-refractivity contribution in [2.24, 2.45) is 5.92 Å². The van der Waals surface area contributed by atoms with E-state index in [0.29, 0.717) is 30.8 Å². The summed E-state index contributed by atoms with van der Waals surface area (Å²) >= 11 is 0. The van der Waals surface area contributed by atoms with Crippen LogP contribution in [0.25, 0.3) is 0 Å². The largest absolute Gasteiger partial charge is 0.447 e. The second-order valence-corrected chi connectivity index (χ2v) is 7.54. The summed E-state index contributed by atoms with van der Waals surface area (Å²) in [6, 6.07) is 3.70. The third-order valence-corrected chi connectivity index (χ3v) is 5.16. The topological polar surface area (TPSA) is 74.6 Å². The molecule has 0 spiro atoms. The molecule has 1 fully saturated rings. The van der Waals surface area contributed by atoms with Crippen LogP contribution in [-0.2, 0) is 16.6 Å². The normalized spacial score (nSPS) is 20.5. The smallest absolute Gasteiger partial charge is 0.273 e. The minimum absolute atomic E-state index is 0.00790. The molecule has 1 unspecified atom stereocenters. The van der Waals surface area contributed by atoms with Gasteiger partial charge in [0.25, 0.3) is 10.0 Å². The summed E-state index contributed by atoms with van der Waals surface area (Å²) < 4.78 is 32.4. The molecule has 21 heavy (non-hydrogen) atoms. The Morgan fingerprint density at radius 1 is 1.43 bits per heavy atom. The van der Waals surface area contributed by atoms with Crippen molar-refractivity contribution in [2.75, 3.05) is 26.7 Å². The minimum Gasteiger partial charge on any atom is -0.447 e. The Hall–Kier alpha value is -0.890. The summed E-state index contributed by atoms with van der Waals surface area (Å²) in [5.41, 5.74) is 0. The van der Waals surface area contributed by atoms with Crippen molar-refractivity contribution < 1.29 is 12.8 Å². The predicted molar refractivity (Wildman–Crippen MR) is 81.5 cm³/mol. The van der Waals surface area contributed by atoms with Crippen LogP contribution in [0.2, 0.25) is 0 Å². The summed E-state index contributed by atoms with van der Waals surface area (Å²) in [5.74, 6) is 0.985. The molecule has 0 radical (unpaired) electrons. The van der Waals surface area contributed by atoms with E-state index >= 15 is 0 Å². The van der Waals surface area contributed by atoms with Crippen molar-refractivity contribution in [3.8, 4) is 0 Å². The first-order valence-electron chi connectivity index (χ1n) is 7.39. The third-order valence-electron chi connectivity index (χ3n) is 3.86. The molecule has 1 aliphatic heterocycles. The number of furan rings is 1. The monoisotopic (exact) mass is 315 g/mol. The van der Waals surface area contributed by atoms with E-state index in [1.54, 1.807) is 13.1 Å².